The second-order valence-corrected chi connectivity index (χ2v) is 6.94. The van der Waals surface area contributed by atoms with Crippen LogP contribution in [0.1, 0.15) is 18.4 Å². The van der Waals surface area contributed by atoms with Crippen LogP contribution >= 0.6 is 23.2 Å². The summed E-state index contributed by atoms with van der Waals surface area (Å²) in [7, 11) is 0. The predicted octanol–water partition coefficient (Wildman–Crippen LogP) is 4.19. The van der Waals surface area contributed by atoms with Gasteiger partial charge in [0.15, 0.2) is 0 Å². The minimum Gasteiger partial charge on any atom is -0.381 e. The number of aryl methyl sites for hydroxylation is 1. The first kappa shape index (κ1) is 15.9. The maximum absolute atomic E-state index is 12.4. The minimum absolute atomic E-state index is 0.108. The Morgan fingerprint density at radius 1 is 1.27 bits per heavy atom. The molecule has 0 unspecified atom stereocenters. The topological polar surface area (TPSA) is 41.6 Å². The lowest BCUT2D eigenvalue weighted by Gasteiger charge is -2.20. The summed E-state index contributed by atoms with van der Waals surface area (Å²) in [5, 5.41) is 3.98. The van der Waals surface area contributed by atoms with E-state index in [0.29, 0.717) is 27.6 Å². The highest BCUT2D eigenvalue weighted by Gasteiger charge is 2.33. The number of likely N-dealkylation sites (tertiary alicyclic amines) is 1. The lowest BCUT2D eigenvalue weighted by Crippen LogP contribution is -2.33. The normalized spacial score (nSPS) is 24.8. The van der Waals surface area contributed by atoms with Crippen LogP contribution in [-0.2, 0) is 4.74 Å². The number of halogens is 2. The minimum atomic E-state index is -0.108. The number of benzene rings is 1. The number of carbonyl (C=O) groups is 1. The highest BCUT2D eigenvalue weighted by Crippen LogP contribution is 2.32. The van der Waals surface area contributed by atoms with Crippen molar-refractivity contribution in [1.29, 1.82) is 0 Å². The molecule has 2 amide bonds. The van der Waals surface area contributed by atoms with Gasteiger partial charge in [-0.15, -0.1) is 0 Å². The van der Waals surface area contributed by atoms with Crippen molar-refractivity contribution >= 4 is 34.9 Å². The summed E-state index contributed by atoms with van der Waals surface area (Å²) in [4.78, 5) is 14.3. The Morgan fingerprint density at radius 3 is 2.82 bits per heavy atom. The molecule has 2 atom stereocenters. The number of carbonyl (C=O) groups excluding carboxylic acids is 1. The van der Waals surface area contributed by atoms with Gasteiger partial charge in [-0.1, -0.05) is 23.2 Å². The fourth-order valence-corrected chi connectivity index (χ4v) is 3.65. The standard InChI is InChI=1S/C16H20Cl2N2O2/c1-10-6-14(18)15(7-13(10)17)19-16(21)20-4-2-11(8-20)12-3-5-22-9-12/h6-7,11-12H,2-5,8-9H2,1H3,(H,19,21)/t11-,12-/m1/s1. The van der Waals surface area contributed by atoms with Gasteiger partial charge in [0.1, 0.15) is 0 Å². The summed E-state index contributed by atoms with van der Waals surface area (Å²) < 4.78 is 5.45. The molecule has 1 aromatic rings. The summed E-state index contributed by atoms with van der Waals surface area (Å²) in [5.41, 5.74) is 1.46. The Balaban J connectivity index is 1.62. The Labute approximate surface area is 140 Å². The molecule has 120 valence electrons. The number of amides is 2. The molecule has 4 nitrogen and oxygen atoms in total. The Kier molecular flexibility index (Phi) is 4.81. The average Bonchev–Trinajstić information content (AvgIpc) is 3.15. The van der Waals surface area contributed by atoms with Crippen LogP contribution in [0.25, 0.3) is 0 Å². The summed E-state index contributed by atoms with van der Waals surface area (Å²) in [6.07, 6.45) is 2.16. The number of urea groups is 1. The first-order chi connectivity index (χ1) is 10.5. The van der Waals surface area contributed by atoms with Crippen LogP contribution in [0.5, 0.6) is 0 Å². The van der Waals surface area contributed by atoms with E-state index < -0.39 is 0 Å². The second-order valence-electron chi connectivity index (χ2n) is 6.13. The lowest BCUT2D eigenvalue weighted by atomic mass is 9.91. The van der Waals surface area contributed by atoms with Gasteiger partial charge < -0.3 is 15.0 Å². The van der Waals surface area contributed by atoms with Crippen molar-refractivity contribution in [3.05, 3.63) is 27.7 Å². The third kappa shape index (κ3) is 3.34. The largest absolute Gasteiger partial charge is 0.381 e. The number of anilines is 1. The van der Waals surface area contributed by atoms with E-state index in [2.05, 4.69) is 5.32 Å². The van der Waals surface area contributed by atoms with Gasteiger partial charge in [-0.2, -0.15) is 0 Å². The van der Waals surface area contributed by atoms with Gasteiger partial charge in [0, 0.05) is 31.3 Å². The molecule has 2 fully saturated rings. The zero-order chi connectivity index (χ0) is 15.7. The fourth-order valence-electron chi connectivity index (χ4n) is 3.22. The Bertz CT molecular complexity index is 574. The quantitative estimate of drug-likeness (QED) is 0.875. The molecule has 2 heterocycles. The number of nitrogens with one attached hydrogen (secondary N) is 1. The maximum Gasteiger partial charge on any atom is 0.321 e. The van der Waals surface area contributed by atoms with Crippen molar-refractivity contribution in [1.82, 2.24) is 4.90 Å². The molecule has 2 aliphatic rings. The van der Waals surface area contributed by atoms with Crippen LogP contribution in [0.15, 0.2) is 12.1 Å². The van der Waals surface area contributed by atoms with Crippen molar-refractivity contribution in [3.63, 3.8) is 0 Å². The molecule has 0 aliphatic carbocycles. The molecular formula is C16H20Cl2N2O2. The van der Waals surface area contributed by atoms with E-state index >= 15 is 0 Å². The first-order valence-electron chi connectivity index (χ1n) is 7.64. The summed E-state index contributed by atoms with van der Waals surface area (Å²) in [6.45, 7) is 5.14. The number of rotatable bonds is 2. The van der Waals surface area contributed by atoms with Crippen LogP contribution in [0.2, 0.25) is 10.0 Å². The molecule has 0 radical (unpaired) electrons. The molecule has 0 saturated carbocycles. The van der Waals surface area contributed by atoms with Crippen molar-refractivity contribution in [2.24, 2.45) is 11.8 Å². The summed E-state index contributed by atoms with van der Waals surface area (Å²) >= 11 is 12.3. The van der Waals surface area contributed by atoms with Crippen LogP contribution in [0.3, 0.4) is 0 Å². The van der Waals surface area contributed by atoms with Gasteiger partial charge in [-0.3, -0.25) is 0 Å². The molecule has 2 saturated heterocycles. The van der Waals surface area contributed by atoms with E-state index in [0.717, 1.165) is 44.7 Å². The van der Waals surface area contributed by atoms with Gasteiger partial charge in [-0.05, 0) is 49.3 Å². The van der Waals surface area contributed by atoms with E-state index in [1.807, 2.05) is 11.8 Å². The molecule has 0 aromatic heterocycles. The SMILES string of the molecule is Cc1cc(Cl)c(NC(=O)N2CC[C@@H]([C@@H]3CCOC3)C2)cc1Cl. The zero-order valence-corrected chi connectivity index (χ0v) is 14.1. The van der Waals surface area contributed by atoms with E-state index in [1.54, 1.807) is 12.1 Å². The Hall–Kier alpha value is -0.970. The van der Waals surface area contributed by atoms with Gasteiger partial charge in [0.25, 0.3) is 0 Å². The second kappa shape index (κ2) is 6.65. The van der Waals surface area contributed by atoms with E-state index in [-0.39, 0.29) is 6.03 Å². The van der Waals surface area contributed by atoms with Crippen LogP contribution in [-0.4, -0.2) is 37.2 Å². The first-order valence-corrected chi connectivity index (χ1v) is 8.39. The zero-order valence-electron chi connectivity index (χ0n) is 12.6. The van der Waals surface area contributed by atoms with Crippen molar-refractivity contribution in [3.8, 4) is 0 Å². The third-order valence-corrected chi connectivity index (χ3v) is 5.35. The highest BCUT2D eigenvalue weighted by molar-refractivity contribution is 6.36. The molecule has 1 N–H and O–H groups in total. The lowest BCUT2D eigenvalue weighted by molar-refractivity contribution is 0.171. The van der Waals surface area contributed by atoms with Gasteiger partial charge >= 0.3 is 6.03 Å². The van der Waals surface area contributed by atoms with Gasteiger partial charge in [0.2, 0.25) is 0 Å². The number of ether oxygens (including phenoxy) is 1. The summed E-state index contributed by atoms with van der Waals surface area (Å²) in [6, 6.07) is 3.36. The molecule has 6 heteroatoms. The van der Waals surface area contributed by atoms with E-state index in [1.165, 1.54) is 0 Å². The van der Waals surface area contributed by atoms with E-state index in [9.17, 15) is 4.79 Å². The van der Waals surface area contributed by atoms with Crippen LogP contribution in [0.4, 0.5) is 10.5 Å². The van der Waals surface area contributed by atoms with Crippen LogP contribution < -0.4 is 5.32 Å². The molecular weight excluding hydrogens is 323 g/mol. The highest BCUT2D eigenvalue weighted by atomic mass is 35.5. The monoisotopic (exact) mass is 342 g/mol. The van der Waals surface area contributed by atoms with Crippen molar-refractivity contribution in [2.75, 3.05) is 31.6 Å². The number of hydrogen-bond donors (Lipinski definition) is 1. The third-order valence-electron chi connectivity index (χ3n) is 4.63. The Morgan fingerprint density at radius 2 is 2.09 bits per heavy atom. The van der Waals surface area contributed by atoms with Gasteiger partial charge in [0.05, 0.1) is 10.7 Å². The molecule has 1 aromatic carbocycles. The molecule has 2 aliphatic heterocycles. The van der Waals surface area contributed by atoms with Crippen molar-refractivity contribution < 1.29 is 9.53 Å². The number of hydrogen-bond acceptors (Lipinski definition) is 2. The fraction of sp³-hybridized carbons (Fsp3) is 0.562. The molecule has 0 spiro atoms. The average molecular weight is 343 g/mol. The predicted molar refractivity (Wildman–Crippen MR) is 88.8 cm³/mol. The van der Waals surface area contributed by atoms with Crippen molar-refractivity contribution in [2.45, 2.75) is 19.8 Å². The summed E-state index contributed by atoms with van der Waals surface area (Å²) in [5.74, 6) is 1.14. The smallest absolute Gasteiger partial charge is 0.321 e. The maximum atomic E-state index is 12.4. The van der Waals surface area contributed by atoms with E-state index in [4.69, 9.17) is 27.9 Å². The number of nitrogens with zero attached hydrogens (tertiary/aromatic N) is 1. The molecule has 3 rings (SSSR count). The van der Waals surface area contributed by atoms with Gasteiger partial charge in [-0.25, -0.2) is 4.79 Å². The molecule has 22 heavy (non-hydrogen) atoms. The van der Waals surface area contributed by atoms with Crippen LogP contribution in [0, 0.1) is 18.8 Å². The molecule has 0 bridgehead atoms.